The highest BCUT2D eigenvalue weighted by Gasteiger charge is 2.46. The zero-order chi connectivity index (χ0) is 15.5. The van der Waals surface area contributed by atoms with Crippen LogP contribution in [0.3, 0.4) is 0 Å². The van der Waals surface area contributed by atoms with Gasteiger partial charge in [-0.2, -0.15) is 13.2 Å². The Morgan fingerprint density at radius 2 is 1.75 bits per heavy atom. The predicted molar refractivity (Wildman–Crippen MR) is 72.3 cm³/mol. The number of hydrogen-bond donors (Lipinski definition) is 1. The molecular weight excluding hydrogens is 269 g/mol. The Hall–Kier alpha value is -0.780. The number of hydrogen-bond acceptors (Lipinski definition) is 2. The molecule has 6 heteroatoms. The van der Waals surface area contributed by atoms with Gasteiger partial charge in [0.05, 0.1) is 12.0 Å². The topological polar surface area (TPSA) is 32.3 Å². The lowest BCUT2D eigenvalue weighted by molar-refractivity contribution is -0.189. The van der Waals surface area contributed by atoms with Crippen molar-refractivity contribution < 1.29 is 18.0 Å². The van der Waals surface area contributed by atoms with E-state index in [2.05, 4.69) is 5.32 Å². The molecule has 3 nitrogen and oxygen atoms in total. The van der Waals surface area contributed by atoms with Gasteiger partial charge in [0.1, 0.15) is 0 Å². The fourth-order valence-electron chi connectivity index (χ4n) is 2.67. The fraction of sp³-hybridized carbons (Fsp3) is 0.929. The molecule has 0 aromatic carbocycles. The molecule has 0 spiro atoms. The molecule has 118 valence electrons. The average molecular weight is 294 g/mol. The minimum Gasteiger partial charge on any atom is -0.342 e. The summed E-state index contributed by atoms with van der Waals surface area (Å²) in [5.41, 5.74) is 0. The van der Waals surface area contributed by atoms with E-state index in [0.29, 0.717) is 12.8 Å². The third-order valence-electron chi connectivity index (χ3n) is 4.14. The van der Waals surface area contributed by atoms with Crippen molar-refractivity contribution in [3.8, 4) is 0 Å². The second-order valence-electron chi connectivity index (χ2n) is 5.97. The number of likely N-dealkylation sites (N-methyl/N-ethyl adjacent to an activating group) is 1. The highest BCUT2D eigenvalue weighted by molar-refractivity contribution is 5.81. The van der Waals surface area contributed by atoms with Crippen molar-refractivity contribution in [1.82, 2.24) is 10.2 Å². The summed E-state index contributed by atoms with van der Waals surface area (Å²) in [6, 6.07) is -1.20. The normalized spacial score (nSPS) is 25.6. The van der Waals surface area contributed by atoms with Crippen LogP contribution in [0.5, 0.6) is 0 Å². The molecule has 0 aromatic heterocycles. The Morgan fingerprint density at radius 3 is 2.25 bits per heavy atom. The second-order valence-corrected chi connectivity index (χ2v) is 5.97. The van der Waals surface area contributed by atoms with E-state index in [1.165, 1.54) is 0 Å². The fourth-order valence-corrected chi connectivity index (χ4v) is 2.67. The van der Waals surface area contributed by atoms with Gasteiger partial charge < -0.3 is 10.2 Å². The van der Waals surface area contributed by atoms with Crippen molar-refractivity contribution in [2.75, 3.05) is 7.05 Å². The number of carbonyl (C=O) groups excluding carboxylic acids is 1. The Morgan fingerprint density at radius 1 is 1.20 bits per heavy atom. The van der Waals surface area contributed by atoms with Crippen LogP contribution in [-0.2, 0) is 4.79 Å². The van der Waals surface area contributed by atoms with Crippen LogP contribution in [0.2, 0.25) is 0 Å². The van der Waals surface area contributed by atoms with Gasteiger partial charge in [-0.1, -0.05) is 12.8 Å². The average Bonchev–Trinajstić information content (AvgIpc) is 2.36. The first-order valence-electron chi connectivity index (χ1n) is 7.24. The summed E-state index contributed by atoms with van der Waals surface area (Å²) in [4.78, 5) is 13.7. The lowest BCUT2D eigenvalue weighted by Crippen LogP contribution is -2.53. The lowest BCUT2D eigenvalue weighted by Gasteiger charge is -2.36. The molecule has 0 aliphatic heterocycles. The monoisotopic (exact) mass is 294 g/mol. The van der Waals surface area contributed by atoms with Crippen LogP contribution in [-0.4, -0.2) is 42.2 Å². The van der Waals surface area contributed by atoms with E-state index in [9.17, 15) is 18.0 Å². The van der Waals surface area contributed by atoms with Gasteiger partial charge in [-0.15, -0.1) is 0 Å². The molecule has 0 heterocycles. The molecule has 0 radical (unpaired) electrons. The molecule has 3 unspecified atom stereocenters. The van der Waals surface area contributed by atoms with Gasteiger partial charge in [0, 0.05) is 19.1 Å². The molecule has 0 saturated heterocycles. The number of alkyl halides is 3. The molecule has 1 saturated carbocycles. The lowest BCUT2D eigenvalue weighted by atomic mass is 9.83. The molecular formula is C14H25F3N2O. The summed E-state index contributed by atoms with van der Waals surface area (Å²) in [7, 11) is 1.67. The quantitative estimate of drug-likeness (QED) is 0.864. The van der Waals surface area contributed by atoms with Crippen molar-refractivity contribution in [1.29, 1.82) is 0 Å². The highest BCUT2D eigenvalue weighted by atomic mass is 19.4. The Balaban J connectivity index is 2.67. The molecule has 0 aromatic rings. The zero-order valence-electron chi connectivity index (χ0n) is 12.6. The van der Waals surface area contributed by atoms with E-state index in [1.54, 1.807) is 18.9 Å². The van der Waals surface area contributed by atoms with Crippen LogP contribution in [0, 0.1) is 5.92 Å². The molecule has 1 fully saturated rings. The van der Waals surface area contributed by atoms with E-state index in [4.69, 9.17) is 0 Å². The SMILES string of the molecule is CC(NC1CCCCC1C(F)(F)F)C(=O)N(C)C(C)C. The summed E-state index contributed by atoms with van der Waals surface area (Å²) in [6.45, 7) is 5.40. The van der Waals surface area contributed by atoms with Crippen molar-refractivity contribution >= 4 is 5.91 Å². The minimum absolute atomic E-state index is 0.0384. The Kier molecular flexibility index (Phi) is 5.86. The van der Waals surface area contributed by atoms with Crippen molar-refractivity contribution in [3.63, 3.8) is 0 Å². The summed E-state index contributed by atoms with van der Waals surface area (Å²) in [5.74, 6) is -1.50. The maximum Gasteiger partial charge on any atom is 0.393 e. The summed E-state index contributed by atoms with van der Waals surface area (Å²) >= 11 is 0. The summed E-state index contributed by atoms with van der Waals surface area (Å²) in [6.07, 6.45) is -2.16. The van der Waals surface area contributed by atoms with Crippen LogP contribution in [0.1, 0.15) is 46.5 Å². The number of amides is 1. The van der Waals surface area contributed by atoms with Gasteiger partial charge in [0.15, 0.2) is 0 Å². The number of carbonyl (C=O) groups is 1. The molecule has 20 heavy (non-hydrogen) atoms. The van der Waals surface area contributed by atoms with E-state index < -0.39 is 24.2 Å². The van der Waals surface area contributed by atoms with E-state index in [-0.39, 0.29) is 18.4 Å². The molecule has 0 bridgehead atoms. The van der Waals surface area contributed by atoms with Gasteiger partial charge in [0.25, 0.3) is 0 Å². The first-order chi connectivity index (χ1) is 9.14. The second kappa shape index (κ2) is 6.78. The Bertz CT molecular complexity index is 331. The third kappa shape index (κ3) is 4.36. The molecule has 1 aliphatic rings. The zero-order valence-corrected chi connectivity index (χ0v) is 12.6. The van der Waals surface area contributed by atoms with E-state index in [0.717, 1.165) is 6.42 Å². The maximum atomic E-state index is 13.0. The predicted octanol–water partition coefficient (Wildman–Crippen LogP) is 2.95. The van der Waals surface area contributed by atoms with Crippen LogP contribution >= 0.6 is 0 Å². The van der Waals surface area contributed by atoms with Gasteiger partial charge in [0.2, 0.25) is 5.91 Å². The highest BCUT2D eigenvalue weighted by Crippen LogP contribution is 2.37. The minimum atomic E-state index is -4.19. The van der Waals surface area contributed by atoms with E-state index >= 15 is 0 Å². The van der Waals surface area contributed by atoms with Crippen molar-refractivity contribution in [2.24, 2.45) is 5.92 Å². The maximum absolute atomic E-state index is 13.0. The summed E-state index contributed by atoms with van der Waals surface area (Å²) in [5, 5.41) is 2.90. The first kappa shape index (κ1) is 17.3. The van der Waals surface area contributed by atoms with Crippen molar-refractivity contribution in [2.45, 2.75) is 70.8 Å². The van der Waals surface area contributed by atoms with Gasteiger partial charge in [-0.05, 0) is 33.6 Å². The number of halogens is 3. The molecule has 1 N–H and O–H groups in total. The number of rotatable bonds is 4. The molecule has 1 rings (SSSR count). The third-order valence-corrected chi connectivity index (χ3v) is 4.14. The Labute approximate surface area is 118 Å². The van der Waals surface area contributed by atoms with E-state index in [1.807, 2.05) is 13.8 Å². The number of nitrogens with zero attached hydrogens (tertiary/aromatic N) is 1. The van der Waals surface area contributed by atoms with Crippen LogP contribution in [0.15, 0.2) is 0 Å². The molecule has 3 atom stereocenters. The smallest absolute Gasteiger partial charge is 0.342 e. The van der Waals surface area contributed by atoms with Crippen molar-refractivity contribution in [3.05, 3.63) is 0 Å². The van der Waals surface area contributed by atoms with Crippen LogP contribution < -0.4 is 5.32 Å². The van der Waals surface area contributed by atoms with Gasteiger partial charge >= 0.3 is 6.18 Å². The molecule has 1 amide bonds. The largest absolute Gasteiger partial charge is 0.393 e. The van der Waals surface area contributed by atoms with Gasteiger partial charge in [-0.3, -0.25) is 4.79 Å². The summed E-state index contributed by atoms with van der Waals surface area (Å²) < 4.78 is 39.0. The van der Waals surface area contributed by atoms with Crippen LogP contribution in [0.4, 0.5) is 13.2 Å². The molecule has 1 aliphatic carbocycles. The van der Waals surface area contributed by atoms with Gasteiger partial charge in [-0.25, -0.2) is 0 Å². The standard InChI is InChI=1S/C14H25F3N2O/c1-9(2)19(4)13(20)10(3)18-12-8-6-5-7-11(12)14(15,16)17/h9-12,18H,5-8H2,1-4H3. The van der Waals surface area contributed by atoms with Crippen LogP contribution in [0.25, 0.3) is 0 Å². The number of nitrogens with one attached hydrogen (secondary N) is 1. The first-order valence-corrected chi connectivity index (χ1v) is 7.24.